The molecule has 12 heteroatoms. The average molecular weight is 438 g/mol. The van der Waals surface area contributed by atoms with Crippen molar-refractivity contribution in [1.82, 2.24) is 19.5 Å². The number of fused-ring (bicyclic) bond motifs is 1. The van der Waals surface area contributed by atoms with E-state index < -0.39 is 29.2 Å². The number of alkyl halides is 3. The standard InChI is InChI=1S/C19H12F6N6/c1-8-27-14-5-12(21)13(22)6-15(14)31(8)17-7-16(26)29-18(30-17)28-9-2-3-10(11(20)4-9)19(23,24)25/h2-7H,1H3,(H3,26,28,29,30). The second-order valence-corrected chi connectivity index (χ2v) is 6.54. The van der Waals surface area contributed by atoms with Crippen LogP contribution in [0.15, 0.2) is 36.4 Å². The summed E-state index contributed by atoms with van der Waals surface area (Å²) in [5, 5.41) is 2.58. The Kier molecular flexibility index (Phi) is 4.71. The van der Waals surface area contributed by atoms with Gasteiger partial charge in [0.1, 0.15) is 23.3 Å². The van der Waals surface area contributed by atoms with Gasteiger partial charge in [-0.3, -0.25) is 4.57 Å². The lowest BCUT2D eigenvalue weighted by molar-refractivity contribution is -0.139. The molecule has 0 saturated carbocycles. The minimum Gasteiger partial charge on any atom is -0.383 e. The van der Waals surface area contributed by atoms with Crippen molar-refractivity contribution in [2.24, 2.45) is 0 Å². The van der Waals surface area contributed by atoms with Crippen LogP contribution in [-0.4, -0.2) is 19.5 Å². The van der Waals surface area contributed by atoms with E-state index >= 15 is 0 Å². The fourth-order valence-corrected chi connectivity index (χ4v) is 3.06. The van der Waals surface area contributed by atoms with Gasteiger partial charge in [0, 0.05) is 23.9 Å². The summed E-state index contributed by atoms with van der Waals surface area (Å²) in [6.07, 6.45) is -4.84. The number of anilines is 3. The summed E-state index contributed by atoms with van der Waals surface area (Å²) in [4.78, 5) is 12.3. The third-order valence-corrected chi connectivity index (χ3v) is 4.36. The first-order valence-corrected chi connectivity index (χ1v) is 8.66. The summed E-state index contributed by atoms with van der Waals surface area (Å²) in [5.41, 5.74) is 4.71. The zero-order chi connectivity index (χ0) is 22.5. The molecule has 0 radical (unpaired) electrons. The first-order chi connectivity index (χ1) is 14.5. The summed E-state index contributed by atoms with van der Waals surface area (Å²) in [6, 6.07) is 5.45. The first-order valence-electron chi connectivity index (χ1n) is 8.66. The first kappa shape index (κ1) is 20.4. The van der Waals surface area contributed by atoms with E-state index in [0.717, 1.165) is 18.2 Å². The van der Waals surface area contributed by atoms with Crippen molar-refractivity contribution in [3.05, 3.63) is 65.2 Å². The predicted octanol–water partition coefficient (Wildman–Crippen LogP) is 4.89. The number of aromatic nitrogens is 4. The number of aryl methyl sites for hydroxylation is 1. The normalized spacial score (nSPS) is 11.8. The van der Waals surface area contributed by atoms with Gasteiger partial charge in [0.25, 0.3) is 0 Å². The molecule has 0 unspecified atom stereocenters. The molecule has 2 aromatic carbocycles. The average Bonchev–Trinajstić information content (AvgIpc) is 2.95. The Morgan fingerprint density at radius 1 is 0.903 bits per heavy atom. The molecule has 6 nitrogen and oxygen atoms in total. The molecule has 2 aromatic heterocycles. The van der Waals surface area contributed by atoms with Crippen LogP contribution in [0.4, 0.5) is 43.8 Å². The van der Waals surface area contributed by atoms with Crippen molar-refractivity contribution in [3.8, 4) is 5.82 Å². The third kappa shape index (κ3) is 3.83. The second-order valence-electron chi connectivity index (χ2n) is 6.54. The minimum atomic E-state index is -4.84. The molecule has 0 spiro atoms. The molecular weight excluding hydrogens is 426 g/mol. The summed E-state index contributed by atoms with van der Waals surface area (Å²) in [7, 11) is 0. The van der Waals surface area contributed by atoms with Gasteiger partial charge in [-0.05, 0) is 25.1 Å². The number of nitrogen functional groups attached to an aromatic ring is 1. The van der Waals surface area contributed by atoms with E-state index in [1.54, 1.807) is 6.92 Å². The summed E-state index contributed by atoms with van der Waals surface area (Å²) >= 11 is 0. The maximum absolute atomic E-state index is 13.8. The van der Waals surface area contributed by atoms with Crippen LogP contribution in [0.25, 0.3) is 16.9 Å². The third-order valence-electron chi connectivity index (χ3n) is 4.36. The maximum Gasteiger partial charge on any atom is 0.419 e. The van der Waals surface area contributed by atoms with Gasteiger partial charge in [0.2, 0.25) is 5.95 Å². The molecule has 160 valence electrons. The van der Waals surface area contributed by atoms with Crippen molar-refractivity contribution >= 4 is 28.5 Å². The molecular formula is C19H12F6N6. The predicted molar refractivity (Wildman–Crippen MR) is 100 cm³/mol. The Morgan fingerprint density at radius 3 is 2.29 bits per heavy atom. The number of nitrogens with zero attached hydrogens (tertiary/aromatic N) is 4. The van der Waals surface area contributed by atoms with Crippen LogP contribution >= 0.6 is 0 Å². The van der Waals surface area contributed by atoms with E-state index in [1.807, 2.05) is 0 Å². The van der Waals surface area contributed by atoms with Crippen molar-refractivity contribution in [3.63, 3.8) is 0 Å². The molecule has 4 rings (SSSR count). The van der Waals surface area contributed by atoms with Crippen molar-refractivity contribution in [1.29, 1.82) is 0 Å². The zero-order valence-corrected chi connectivity index (χ0v) is 15.6. The molecule has 2 heterocycles. The Balaban J connectivity index is 1.75. The summed E-state index contributed by atoms with van der Waals surface area (Å²) in [5.74, 6) is -3.35. The van der Waals surface area contributed by atoms with Gasteiger partial charge in [0.15, 0.2) is 11.6 Å². The topological polar surface area (TPSA) is 81.7 Å². The lowest BCUT2D eigenvalue weighted by atomic mass is 10.2. The molecule has 0 amide bonds. The Labute approximate surface area is 170 Å². The number of benzene rings is 2. The Morgan fingerprint density at radius 2 is 1.61 bits per heavy atom. The van der Waals surface area contributed by atoms with E-state index in [1.165, 1.54) is 10.6 Å². The highest BCUT2D eigenvalue weighted by molar-refractivity contribution is 5.78. The largest absolute Gasteiger partial charge is 0.419 e. The molecule has 0 atom stereocenters. The smallest absolute Gasteiger partial charge is 0.383 e. The van der Waals surface area contributed by atoms with Crippen LogP contribution in [0.5, 0.6) is 0 Å². The lowest BCUT2D eigenvalue weighted by Gasteiger charge is -2.12. The highest BCUT2D eigenvalue weighted by Crippen LogP contribution is 2.33. The van der Waals surface area contributed by atoms with Gasteiger partial charge in [-0.1, -0.05) is 0 Å². The van der Waals surface area contributed by atoms with E-state index in [2.05, 4.69) is 20.3 Å². The lowest BCUT2D eigenvalue weighted by Crippen LogP contribution is -2.09. The van der Waals surface area contributed by atoms with E-state index in [-0.39, 0.29) is 34.3 Å². The number of imidazole rings is 1. The number of hydrogen-bond donors (Lipinski definition) is 2. The van der Waals surface area contributed by atoms with Gasteiger partial charge >= 0.3 is 6.18 Å². The molecule has 4 aromatic rings. The van der Waals surface area contributed by atoms with Crippen LogP contribution in [0.3, 0.4) is 0 Å². The van der Waals surface area contributed by atoms with Gasteiger partial charge < -0.3 is 11.1 Å². The minimum absolute atomic E-state index is 0.0382. The number of nitrogens with two attached hydrogens (primary N) is 1. The van der Waals surface area contributed by atoms with Crippen LogP contribution in [0, 0.1) is 24.4 Å². The van der Waals surface area contributed by atoms with Crippen molar-refractivity contribution in [2.75, 3.05) is 11.1 Å². The van der Waals surface area contributed by atoms with Gasteiger partial charge in [0.05, 0.1) is 16.6 Å². The molecule has 31 heavy (non-hydrogen) atoms. The second kappa shape index (κ2) is 7.15. The molecule has 0 aliphatic rings. The van der Waals surface area contributed by atoms with Crippen LogP contribution < -0.4 is 11.1 Å². The fourth-order valence-electron chi connectivity index (χ4n) is 3.06. The number of rotatable bonds is 3. The van der Waals surface area contributed by atoms with Crippen LogP contribution in [0.2, 0.25) is 0 Å². The highest BCUT2D eigenvalue weighted by Gasteiger charge is 2.34. The molecule has 3 N–H and O–H groups in total. The van der Waals surface area contributed by atoms with Crippen LogP contribution in [0.1, 0.15) is 11.4 Å². The Bertz CT molecular complexity index is 1310. The van der Waals surface area contributed by atoms with E-state index in [4.69, 9.17) is 5.73 Å². The molecule has 0 fully saturated rings. The fraction of sp³-hybridized carbons (Fsp3) is 0.105. The zero-order valence-electron chi connectivity index (χ0n) is 15.6. The molecule has 0 saturated heterocycles. The van der Waals surface area contributed by atoms with Crippen LogP contribution in [-0.2, 0) is 6.18 Å². The summed E-state index contributed by atoms with van der Waals surface area (Å²) in [6.45, 7) is 1.58. The quantitative estimate of drug-likeness (QED) is 0.446. The molecule has 0 bridgehead atoms. The number of halogens is 6. The van der Waals surface area contributed by atoms with Gasteiger partial charge in [-0.15, -0.1) is 0 Å². The van der Waals surface area contributed by atoms with Crippen molar-refractivity contribution < 1.29 is 26.3 Å². The van der Waals surface area contributed by atoms with Crippen molar-refractivity contribution in [2.45, 2.75) is 13.1 Å². The maximum atomic E-state index is 13.8. The van der Waals surface area contributed by atoms with E-state index in [9.17, 15) is 26.3 Å². The van der Waals surface area contributed by atoms with E-state index in [0.29, 0.717) is 18.0 Å². The number of hydrogen-bond acceptors (Lipinski definition) is 5. The molecule has 0 aliphatic heterocycles. The number of nitrogens with one attached hydrogen (secondary N) is 1. The van der Waals surface area contributed by atoms with Gasteiger partial charge in [-0.2, -0.15) is 23.1 Å². The summed E-state index contributed by atoms with van der Waals surface area (Å²) < 4.78 is 80.7. The monoisotopic (exact) mass is 438 g/mol. The Hall–Kier alpha value is -3.83. The van der Waals surface area contributed by atoms with Gasteiger partial charge in [-0.25, -0.2) is 18.2 Å². The highest BCUT2D eigenvalue weighted by atomic mass is 19.4. The SMILES string of the molecule is Cc1nc2cc(F)c(F)cc2n1-c1cc(N)nc(Nc2ccc(C(F)(F)F)c(F)c2)n1. The molecule has 0 aliphatic carbocycles.